The van der Waals surface area contributed by atoms with E-state index in [0.717, 1.165) is 26.5 Å². The Labute approximate surface area is 193 Å². The molecule has 0 saturated heterocycles. The second-order valence-electron chi connectivity index (χ2n) is 7.92. The number of nitrogens with zero attached hydrogens (tertiary/aromatic N) is 3. The quantitative estimate of drug-likeness (QED) is 0.278. The number of hydrogen-bond acceptors (Lipinski definition) is 4. The van der Waals surface area contributed by atoms with Crippen molar-refractivity contribution in [3.8, 4) is 11.6 Å². The van der Waals surface area contributed by atoms with E-state index in [4.69, 9.17) is 9.40 Å². The van der Waals surface area contributed by atoms with E-state index in [1.54, 1.807) is 12.3 Å². The van der Waals surface area contributed by atoms with Gasteiger partial charge < -0.3 is 4.42 Å². The van der Waals surface area contributed by atoms with Crippen LogP contribution in [0.3, 0.4) is 0 Å². The van der Waals surface area contributed by atoms with Gasteiger partial charge in [0, 0.05) is 15.4 Å². The smallest absolute Gasteiger partial charge is 0.282 e. The molecule has 0 saturated carbocycles. The van der Waals surface area contributed by atoms with E-state index in [1.807, 2.05) is 56.3 Å². The van der Waals surface area contributed by atoms with Gasteiger partial charge in [-0.3, -0.25) is 4.79 Å². The molecule has 5 aromatic rings. The van der Waals surface area contributed by atoms with Crippen LogP contribution in [0.25, 0.3) is 33.5 Å². The Balaban J connectivity index is 1.75. The fraction of sp³-hybridized carbons (Fsp3) is 0.115. The van der Waals surface area contributed by atoms with Crippen molar-refractivity contribution >= 4 is 44.0 Å². The van der Waals surface area contributed by atoms with Crippen molar-refractivity contribution in [2.75, 3.05) is 0 Å². The normalized spacial score (nSPS) is 11.8. The zero-order chi connectivity index (χ0) is 22.4. The SMILES string of the molecule is Cc1cc(C)c(C=Nn2c(-c3cc4cc(Br)ccc4o3)nc3ccccc3c2=O)c(C)c1. The first-order chi connectivity index (χ1) is 15.4. The number of aryl methyl sites for hydroxylation is 3. The molecule has 0 unspecified atom stereocenters. The maximum atomic E-state index is 13.4. The number of halogens is 1. The van der Waals surface area contributed by atoms with Gasteiger partial charge in [-0.15, -0.1) is 0 Å². The highest BCUT2D eigenvalue weighted by Crippen LogP contribution is 2.29. The number of rotatable bonds is 3. The summed E-state index contributed by atoms with van der Waals surface area (Å²) in [6, 6.07) is 19.1. The minimum Gasteiger partial charge on any atom is -0.453 e. The zero-order valence-electron chi connectivity index (χ0n) is 17.9. The van der Waals surface area contributed by atoms with E-state index in [1.165, 1.54) is 10.2 Å². The third-order valence-corrected chi connectivity index (χ3v) is 5.99. The summed E-state index contributed by atoms with van der Waals surface area (Å²) < 4.78 is 8.33. The Bertz CT molecular complexity index is 1570. The van der Waals surface area contributed by atoms with Crippen molar-refractivity contribution in [3.05, 3.63) is 97.7 Å². The summed E-state index contributed by atoms with van der Waals surface area (Å²) in [6.07, 6.45) is 1.73. The maximum absolute atomic E-state index is 13.4. The van der Waals surface area contributed by atoms with Gasteiger partial charge in [-0.25, -0.2) is 4.98 Å². The Morgan fingerprint density at radius 2 is 1.75 bits per heavy atom. The molecule has 0 aliphatic carbocycles. The van der Waals surface area contributed by atoms with E-state index in [0.29, 0.717) is 28.1 Å². The summed E-state index contributed by atoms with van der Waals surface area (Å²) in [6.45, 7) is 6.15. The highest BCUT2D eigenvalue weighted by Gasteiger charge is 2.16. The Hall–Kier alpha value is -3.51. The monoisotopic (exact) mass is 485 g/mol. The first-order valence-corrected chi connectivity index (χ1v) is 11.0. The molecule has 0 aliphatic heterocycles. The molecule has 2 aromatic heterocycles. The van der Waals surface area contributed by atoms with Gasteiger partial charge in [-0.1, -0.05) is 45.8 Å². The third-order valence-electron chi connectivity index (χ3n) is 5.49. The van der Waals surface area contributed by atoms with Crippen molar-refractivity contribution in [2.45, 2.75) is 20.8 Å². The largest absolute Gasteiger partial charge is 0.453 e. The summed E-state index contributed by atoms with van der Waals surface area (Å²) >= 11 is 3.49. The predicted octanol–water partition coefficient (Wildman–Crippen LogP) is 6.38. The fourth-order valence-corrected chi connectivity index (χ4v) is 4.40. The van der Waals surface area contributed by atoms with Gasteiger partial charge in [0.1, 0.15) is 5.58 Å². The molecule has 0 aliphatic rings. The lowest BCUT2D eigenvalue weighted by molar-refractivity contribution is 0.616. The molecule has 2 heterocycles. The van der Waals surface area contributed by atoms with Crippen LogP contribution in [0.4, 0.5) is 0 Å². The van der Waals surface area contributed by atoms with Crippen LogP contribution in [0.5, 0.6) is 0 Å². The van der Waals surface area contributed by atoms with Crippen LogP contribution in [0.1, 0.15) is 22.3 Å². The molecule has 5 rings (SSSR count). The van der Waals surface area contributed by atoms with E-state index in [-0.39, 0.29) is 5.56 Å². The van der Waals surface area contributed by atoms with E-state index in [9.17, 15) is 4.79 Å². The zero-order valence-corrected chi connectivity index (χ0v) is 19.5. The summed E-state index contributed by atoms with van der Waals surface area (Å²) in [5.74, 6) is 0.843. The first-order valence-electron chi connectivity index (χ1n) is 10.2. The molecule has 0 N–H and O–H groups in total. The van der Waals surface area contributed by atoms with Crippen molar-refractivity contribution in [1.29, 1.82) is 0 Å². The molecule has 0 radical (unpaired) electrons. The van der Waals surface area contributed by atoms with Gasteiger partial charge in [0.25, 0.3) is 5.56 Å². The van der Waals surface area contributed by atoms with E-state index in [2.05, 4.69) is 40.1 Å². The van der Waals surface area contributed by atoms with Crippen LogP contribution in [0.2, 0.25) is 0 Å². The van der Waals surface area contributed by atoms with Crippen molar-refractivity contribution in [3.63, 3.8) is 0 Å². The predicted molar refractivity (Wildman–Crippen MR) is 133 cm³/mol. The first kappa shape index (κ1) is 20.4. The average molecular weight is 486 g/mol. The number of benzene rings is 3. The minimum absolute atomic E-state index is 0.245. The Kier molecular flexibility index (Phi) is 5.02. The number of hydrogen-bond donors (Lipinski definition) is 0. The highest BCUT2D eigenvalue weighted by molar-refractivity contribution is 9.10. The lowest BCUT2D eigenvalue weighted by Crippen LogP contribution is -2.20. The van der Waals surface area contributed by atoms with Crippen LogP contribution >= 0.6 is 15.9 Å². The summed E-state index contributed by atoms with van der Waals surface area (Å²) in [5, 5.41) is 6.01. The molecule has 5 nitrogen and oxygen atoms in total. The molecule has 3 aromatic carbocycles. The molecule has 0 spiro atoms. The third kappa shape index (κ3) is 3.56. The van der Waals surface area contributed by atoms with Gasteiger partial charge >= 0.3 is 0 Å². The summed E-state index contributed by atoms with van der Waals surface area (Å²) in [5.41, 5.74) is 5.44. The molecular weight excluding hydrogens is 466 g/mol. The van der Waals surface area contributed by atoms with Crippen LogP contribution in [0, 0.1) is 20.8 Å². The number of furan rings is 1. The van der Waals surface area contributed by atoms with Crippen LogP contribution in [-0.2, 0) is 0 Å². The summed E-state index contributed by atoms with van der Waals surface area (Å²) in [4.78, 5) is 18.1. The van der Waals surface area contributed by atoms with Gasteiger partial charge in [0.15, 0.2) is 5.76 Å². The minimum atomic E-state index is -0.245. The average Bonchev–Trinajstić information content (AvgIpc) is 3.17. The van der Waals surface area contributed by atoms with E-state index < -0.39 is 0 Å². The highest BCUT2D eigenvalue weighted by atomic mass is 79.9. The molecular formula is C26H20BrN3O2. The Morgan fingerprint density at radius 3 is 2.53 bits per heavy atom. The lowest BCUT2D eigenvalue weighted by atomic mass is 10.0. The van der Waals surface area contributed by atoms with Crippen molar-refractivity contribution < 1.29 is 4.42 Å². The number of aromatic nitrogens is 2. The Morgan fingerprint density at radius 1 is 1.00 bits per heavy atom. The molecule has 0 fully saturated rings. The summed E-state index contributed by atoms with van der Waals surface area (Å²) in [7, 11) is 0. The molecule has 0 amide bonds. The van der Waals surface area contributed by atoms with Gasteiger partial charge in [0.05, 0.1) is 17.1 Å². The molecule has 0 bridgehead atoms. The molecule has 6 heteroatoms. The fourth-order valence-electron chi connectivity index (χ4n) is 4.03. The molecule has 32 heavy (non-hydrogen) atoms. The molecule has 158 valence electrons. The van der Waals surface area contributed by atoms with Crippen molar-refractivity contribution in [2.24, 2.45) is 5.10 Å². The van der Waals surface area contributed by atoms with Crippen LogP contribution in [-0.4, -0.2) is 15.9 Å². The number of para-hydroxylation sites is 1. The second-order valence-corrected chi connectivity index (χ2v) is 8.83. The van der Waals surface area contributed by atoms with Crippen molar-refractivity contribution in [1.82, 2.24) is 9.66 Å². The molecule has 0 atom stereocenters. The van der Waals surface area contributed by atoms with Crippen LogP contribution in [0.15, 0.2) is 79.4 Å². The van der Waals surface area contributed by atoms with Crippen LogP contribution < -0.4 is 5.56 Å². The van der Waals surface area contributed by atoms with Gasteiger partial charge in [-0.05, 0) is 68.3 Å². The van der Waals surface area contributed by atoms with Gasteiger partial charge in [0.2, 0.25) is 5.82 Å². The van der Waals surface area contributed by atoms with E-state index >= 15 is 0 Å². The van der Waals surface area contributed by atoms with Gasteiger partial charge in [-0.2, -0.15) is 9.78 Å². The lowest BCUT2D eigenvalue weighted by Gasteiger charge is -2.09. The maximum Gasteiger partial charge on any atom is 0.282 e. The standard InChI is InChI=1S/C26H20BrN3O2/c1-15-10-16(2)21(17(3)11-15)14-28-30-25(29-22-7-5-4-6-20(22)26(30)31)24-13-18-12-19(27)8-9-23(18)32-24/h4-14H,1-3H3. The topological polar surface area (TPSA) is 60.4 Å². The second kappa shape index (κ2) is 7.88. The number of fused-ring (bicyclic) bond motifs is 2.